The van der Waals surface area contributed by atoms with Crippen LogP contribution in [0.2, 0.25) is 0 Å². The van der Waals surface area contributed by atoms with Crippen molar-refractivity contribution in [2.24, 2.45) is 5.92 Å². The van der Waals surface area contributed by atoms with E-state index in [0.29, 0.717) is 29.8 Å². The monoisotopic (exact) mass is 567 g/mol. The van der Waals surface area contributed by atoms with E-state index in [2.05, 4.69) is 42.7 Å². The number of aliphatic hydroxyl groups is 1. The fourth-order valence-corrected chi connectivity index (χ4v) is 7.17. The topological polar surface area (TPSA) is 109 Å². The molecule has 1 aliphatic carbocycles. The lowest BCUT2D eigenvalue weighted by Gasteiger charge is -2.41. The van der Waals surface area contributed by atoms with Crippen molar-refractivity contribution in [1.82, 2.24) is 29.6 Å². The molecular formula is C33H38FN7O. The minimum atomic E-state index is -0.210. The van der Waals surface area contributed by atoms with Crippen molar-refractivity contribution in [3.63, 3.8) is 0 Å². The summed E-state index contributed by atoms with van der Waals surface area (Å²) in [6.07, 6.45) is 8.31. The van der Waals surface area contributed by atoms with Crippen LogP contribution in [0.4, 0.5) is 10.2 Å². The molecule has 2 aliphatic rings. The fraction of sp³-hybridized carbons (Fsp3) is 0.424. The Labute approximate surface area is 244 Å². The molecule has 8 nitrogen and oxygen atoms in total. The van der Waals surface area contributed by atoms with Crippen LogP contribution in [0.3, 0.4) is 0 Å². The summed E-state index contributed by atoms with van der Waals surface area (Å²) in [4.78, 5) is 15.0. The molecule has 0 bridgehead atoms. The minimum Gasteiger partial charge on any atom is -0.393 e. The Balaban J connectivity index is 1.14. The second kappa shape index (κ2) is 11.1. The number of hydrogen-bond acceptors (Lipinski definition) is 6. The average Bonchev–Trinajstić information content (AvgIpc) is 3.60. The number of halogens is 1. The number of benzene rings is 2. The zero-order valence-corrected chi connectivity index (χ0v) is 24.0. The van der Waals surface area contributed by atoms with Crippen molar-refractivity contribution in [3.8, 4) is 11.3 Å². The third-order valence-electron chi connectivity index (χ3n) is 9.59. The van der Waals surface area contributed by atoms with Crippen molar-refractivity contribution in [3.05, 3.63) is 71.9 Å². The molecule has 1 unspecified atom stereocenters. The van der Waals surface area contributed by atoms with Gasteiger partial charge in [-0.2, -0.15) is 5.10 Å². The molecule has 2 aromatic carbocycles. The van der Waals surface area contributed by atoms with Crippen LogP contribution in [-0.4, -0.2) is 60.0 Å². The molecule has 0 spiro atoms. The highest BCUT2D eigenvalue weighted by Crippen LogP contribution is 2.38. The molecular weight excluding hydrogens is 529 g/mol. The van der Waals surface area contributed by atoms with Gasteiger partial charge in [-0.05, 0) is 94.3 Å². The summed E-state index contributed by atoms with van der Waals surface area (Å²) >= 11 is 0. The van der Waals surface area contributed by atoms with Gasteiger partial charge in [0.05, 0.1) is 17.5 Å². The first-order valence-electron chi connectivity index (χ1n) is 15.2. The van der Waals surface area contributed by atoms with Crippen LogP contribution in [0.25, 0.3) is 33.2 Å². The smallest absolute Gasteiger partial charge is 0.164 e. The van der Waals surface area contributed by atoms with Crippen molar-refractivity contribution < 1.29 is 9.50 Å². The molecule has 218 valence electrons. The first kappa shape index (κ1) is 27.0. The van der Waals surface area contributed by atoms with E-state index < -0.39 is 0 Å². The number of rotatable bonds is 6. The van der Waals surface area contributed by atoms with Gasteiger partial charge in [-0.3, -0.25) is 0 Å². The van der Waals surface area contributed by atoms with E-state index in [9.17, 15) is 9.50 Å². The van der Waals surface area contributed by atoms with Gasteiger partial charge in [0.1, 0.15) is 23.7 Å². The molecule has 9 heteroatoms. The fourth-order valence-electron chi connectivity index (χ4n) is 7.17. The van der Waals surface area contributed by atoms with Crippen LogP contribution < -0.4 is 5.73 Å². The summed E-state index contributed by atoms with van der Waals surface area (Å²) in [6, 6.07) is 16.0. The van der Waals surface area contributed by atoms with E-state index in [4.69, 9.17) is 10.8 Å². The summed E-state index contributed by atoms with van der Waals surface area (Å²) < 4.78 is 16.3. The maximum atomic E-state index is 14.3. The Hall–Kier alpha value is -3.82. The Morgan fingerprint density at radius 2 is 1.76 bits per heavy atom. The lowest BCUT2D eigenvalue weighted by atomic mass is 9.86. The van der Waals surface area contributed by atoms with E-state index >= 15 is 0 Å². The number of anilines is 1. The number of hydrogen-bond donors (Lipinski definition) is 3. The largest absolute Gasteiger partial charge is 0.393 e. The molecule has 7 rings (SSSR count). The number of aliphatic hydroxyl groups excluding tert-OH is 1. The van der Waals surface area contributed by atoms with Gasteiger partial charge in [-0.1, -0.05) is 24.3 Å². The lowest BCUT2D eigenvalue weighted by Crippen LogP contribution is -2.44. The predicted octanol–water partition coefficient (Wildman–Crippen LogP) is 5.86. The molecule has 0 amide bonds. The van der Waals surface area contributed by atoms with Gasteiger partial charge in [0.25, 0.3) is 0 Å². The summed E-state index contributed by atoms with van der Waals surface area (Å²) in [5.41, 5.74) is 11.6. The van der Waals surface area contributed by atoms with Crippen LogP contribution in [0.15, 0.2) is 54.9 Å². The zero-order valence-electron chi connectivity index (χ0n) is 24.0. The van der Waals surface area contributed by atoms with Gasteiger partial charge in [0.15, 0.2) is 5.65 Å². The SMILES string of the molecule is CC(O)C1CCN(C2CCC(n3nc(-c4ccc5[nH]c(Cc6ccccc6F)cc5c4)c4c(N)ncnc43)CC2)CC1. The molecule has 1 atom stereocenters. The highest BCUT2D eigenvalue weighted by atomic mass is 19.1. The predicted molar refractivity (Wildman–Crippen MR) is 164 cm³/mol. The molecule has 2 fully saturated rings. The Kier molecular flexibility index (Phi) is 7.15. The van der Waals surface area contributed by atoms with Gasteiger partial charge in [-0.25, -0.2) is 19.0 Å². The van der Waals surface area contributed by atoms with E-state index in [0.717, 1.165) is 90.5 Å². The second-order valence-electron chi connectivity index (χ2n) is 12.2. The van der Waals surface area contributed by atoms with Gasteiger partial charge >= 0.3 is 0 Å². The van der Waals surface area contributed by atoms with Crippen molar-refractivity contribution in [1.29, 1.82) is 0 Å². The number of aromatic amines is 1. The van der Waals surface area contributed by atoms with Crippen molar-refractivity contribution in [2.45, 2.75) is 70.1 Å². The van der Waals surface area contributed by atoms with Crippen LogP contribution in [0.1, 0.15) is 62.7 Å². The standard InChI is InChI=1S/C33H38FN7O/c1-20(42)21-12-14-40(15-13-21)26-7-9-27(10-8-26)41-33-30(32(35)36-19-37-33)31(39-41)23-6-11-29-24(16-23)18-25(38-29)17-22-4-2-3-5-28(22)34/h2-6,11,16,18-21,26-27,38,42H,7-10,12-15,17H2,1H3,(H2,35,36,37). The number of nitrogens with zero attached hydrogens (tertiary/aromatic N) is 5. The molecule has 0 radical (unpaired) electrons. The Morgan fingerprint density at radius 3 is 2.52 bits per heavy atom. The van der Waals surface area contributed by atoms with Gasteiger partial charge in [-0.15, -0.1) is 0 Å². The van der Waals surface area contributed by atoms with Gasteiger partial charge < -0.3 is 20.7 Å². The molecule has 1 saturated carbocycles. The quantitative estimate of drug-likeness (QED) is 0.237. The zero-order chi connectivity index (χ0) is 28.8. The van der Waals surface area contributed by atoms with E-state index in [1.807, 2.05) is 25.1 Å². The molecule has 4 heterocycles. The van der Waals surface area contributed by atoms with E-state index in [-0.39, 0.29) is 18.0 Å². The van der Waals surface area contributed by atoms with E-state index in [1.165, 1.54) is 12.4 Å². The second-order valence-corrected chi connectivity index (χ2v) is 12.2. The van der Waals surface area contributed by atoms with Crippen molar-refractivity contribution >= 4 is 27.8 Å². The van der Waals surface area contributed by atoms with Gasteiger partial charge in [0, 0.05) is 34.6 Å². The summed E-state index contributed by atoms with van der Waals surface area (Å²) in [5, 5.41) is 16.9. The normalized spacial score (nSPS) is 21.3. The van der Waals surface area contributed by atoms with Crippen molar-refractivity contribution in [2.75, 3.05) is 18.8 Å². The third kappa shape index (κ3) is 5.05. The molecule has 42 heavy (non-hydrogen) atoms. The van der Waals surface area contributed by atoms with E-state index in [1.54, 1.807) is 6.07 Å². The number of nitrogen functional groups attached to an aromatic ring is 1. The lowest BCUT2D eigenvalue weighted by molar-refractivity contribution is 0.0435. The highest BCUT2D eigenvalue weighted by molar-refractivity contribution is 6.00. The van der Waals surface area contributed by atoms with Crippen LogP contribution in [0.5, 0.6) is 0 Å². The molecule has 3 aromatic heterocycles. The van der Waals surface area contributed by atoms with Crippen LogP contribution in [0, 0.1) is 11.7 Å². The first-order chi connectivity index (χ1) is 20.4. The average molecular weight is 568 g/mol. The number of piperidine rings is 1. The number of fused-ring (bicyclic) bond motifs is 2. The van der Waals surface area contributed by atoms with Crippen LogP contribution in [-0.2, 0) is 6.42 Å². The summed E-state index contributed by atoms with van der Waals surface area (Å²) in [5.74, 6) is 0.671. The summed E-state index contributed by atoms with van der Waals surface area (Å²) in [6.45, 7) is 4.08. The maximum absolute atomic E-state index is 14.3. The molecule has 1 aliphatic heterocycles. The Bertz CT molecular complexity index is 1710. The number of nitrogens with one attached hydrogen (secondary N) is 1. The Morgan fingerprint density at radius 1 is 1.00 bits per heavy atom. The molecule has 1 saturated heterocycles. The molecule has 4 N–H and O–H groups in total. The first-order valence-corrected chi connectivity index (χ1v) is 15.2. The minimum absolute atomic E-state index is 0.195. The molecule has 5 aromatic rings. The number of nitrogens with two attached hydrogens (primary N) is 1. The third-order valence-corrected chi connectivity index (χ3v) is 9.59. The van der Waals surface area contributed by atoms with Gasteiger partial charge in [0.2, 0.25) is 0 Å². The maximum Gasteiger partial charge on any atom is 0.164 e. The number of H-pyrrole nitrogens is 1. The summed E-state index contributed by atoms with van der Waals surface area (Å²) in [7, 11) is 0. The number of likely N-dealkylation sites (tertiary alicyclic amines) is 1. The van der Waals surface area contributed by atoms with Crippen LogP contribution >= 0.6 is 0 Å². The highest BCUT2D eigenvalue weighted by Gasteiger charge is 2.32. The number of aromatic nitrogens is 5.